The van der Waals surface area contributed by atoms with E-state index in [0.29, 0.717) is 16.6 Å². The van der Waals surface area contributed by atoms with Crippen LogP contribution in [0.3, 0.4) is 0 Å². The molecule has 0 bridgehead atoms. The van der Waals surface area contributed by atoms with Gasteiger partial charge in [0.25, 0.3) is 5.69 Å². The first-order valence-corrected chi connectivity index (χ1v) is 7.87. The van der Waals surface area contributed by atoms with Crippen molar-refractivity contribution in [3.8, 4) is 5.75 Å². The minimum Gasteiger partial charge on any atom is -0.384 e. The molecule has 0 amide bonds. The van der Waals surface area contributed by atoms with Crippen molar-refractivity contribution in [2.45, 2.75) is 6.92 Å². The number of hydrogen-bond donors (Lipinski definition) is 0. The normalized spacial score (nSPS) is 12.3. The highest BCUT2D eigenvalue weighted by Gasteiger charge is 2.18. The molecular formula is C14H10ClN3O4S. The van der Waals surface area contributed by atoms with Gasteiger partial charge in [-0.05, 0) is 42.3 Å². The molecule has 118 valence electrons. The van der Waals surface area contributed by atoms with E-state index in [1.807, 2.05) is 0 Å². The zero-order chi connectivity index (χ0) is 16.6. The van der Waals surface area contributed by atoms with Gasteiger partial charge >= 0.3 is 11.3 Å². The molecule has 1 heterocycles. The van der Waals surface area contributed by atoms with Gasteiger partial charge in [-0.1, -0.05) is 12.1 Å². The van der Waals surface area contributed by atoms with Gasteiger partial charge in [0.15, 0.2) is 5.75 Å². The molecule has 9 heteroatoms. The summed E-state index contributed by atoms with van der Waals surface area (Å²) in [6, 6.07) is 11.1. The lowest BCUT2D eigenvalue weighted by atomic mass is 10.2. The second-order valence-corrected chi connectivity index (χ2v) is 5.98. The fourth-order valence-electron chi connectivity index (χ4n) is 2.02. The minimum atomic E-state index is -2.02. The van der Waals surface area contributed by atoms with E-state index in [0.717, 1.165) is 0 Å². The maximum absolute atomic E-state index is 12.5. The molecule has 23 heavy (non-hydrogen) atoms. The number of nitrogens with zero attached hydrogens (tertiary/aromatic N) is 3. The van der Waals surface area contributed by atoms with Crippen LogP contribution in [0.2, 0.25) is 5.28 Å². The molecule has 0 saturated heterocycles. The number of aromatic nitrogens is 2. The van der Waals surface area contributed by atoms with Gasteiger partial charge < -0.3 is 4.18 Å². The quantitative estimate of drug-likeness (QED) is 0.531. The Balaban J connectivity index is 2.00. The zero-order valence-corrected chi connectivity index (χ0v) is 13.4. The number of aryl methyl sites for hydroxylation is 1. The third-order valence-electron chi connectivity index (χ3n) is 3.17. The maximum Gasteiger partial charge on any atom is 0.325 e. The fourth-order valence-corrected chi connectivity index (χ4v) is 3.26. The molecule has 2 aromatic carbocycles. The van der Waals surface area contributed by atoms with E-state index >= 15 is 0 Å². The monoisotopic (exact) mass is 351 g/mol. The second kappa shape index (κ2) is 5.98. The highest BCUT2D eigenvalue weighted by molar-refractivity contribution is 7.79. The van der Waals surface area contributed by atoms with Crippen LogP contribution < -0.4 is 4.18 Å². The number of rotatable bonds is 4. The first kappa shape index (κ1) is 15.4. The van der Waals surface area contributed by atoms with Crippen LogP contribution in [0, 0.1) is 17.0 Å². The van der Waals surface area contributed by atoms with Crippen molar-refractivity contribution in [1.82, 2.24) is 8.96 Å². The van der Waals surface area contributed by atoms with E-state index < -0.39 is 16.2 Å². The van der Waals surface area contributed by atoms with Gasteiger partial charge in [-0.15, -0.1) is 0 Å². The summed E-state index contributed by atoms with van der Waals surface area (Å²) in [5.74, 6) is 0.145. The predicted molar refractivity (Wildman–Crippen MR) is 86.7 cm³/mol. The molecule has 0 aliphatic heterocycles. The molecule has 0 aliphatic carbocycles. The number of para-hydroxylation sites is 2. The van der Waals surface area contributed by atoms with E-state index in [4.69, 9.17) is 15.8 Å². The van der Waals surface area contributed by atoms with Crippen molar-refractivity contribution < 1.29 is 13.3 Å². The van der Waals surface area contributed by atoms with Crippen LogP contribution in [0.15, 0.2) is 42.5 Å². The first-order valence-electron chi connectivity index (χ1n) is 6.46. The van der Waals surface area contributed by atoms with Crippen LogP contribution in [-0.4, -0.2) is 18.1 Å². The summed E-state index contributed by atoms with van der Waals surface area (Å²) in [5, 5.41) is 10.9. The molecule has 1 aromatic heterocycles. The van der Waals surface area contributed by atoms with Crippen LogP contribution in [0.5, 0.6) is 5.75 Å². The average molecular weight is 352 g/mol. The molecule has 3 aromatic rings. The Morgan fingerprint density at radius 3 is 2.78 bits per heavy atom. The van der Waals surface area contributed by atoms with Crippen molar-refractivity contribution in [3.05, 3.63) is 63.4 Å². The lowest BCUT2D eigenvalue weighted by molar-refractivity contribution is -0.384. The summed E-state index contributed by atoms with van der Waals surface area (Å²) in [6.45, 7) is 1.70. The van der Waals surface area contributed by atoms with Crippen molar-refractivity contribution in [2.75, 3.05) is 0 Å². The van der Waals surface area contributed by atoms with Gasteiger partial charge in [-0.2, -0.15) is 8.18 Å². The minimum absolute atomic E-state index is 0.00705. The summed E-state index contributed by atoms with van der Waals surface area (Å²) in [6.07, 6.45) is 0. The number of non-ortho nitro benzene ring substituents is 1. The number of imidazole rings is 1. The summed E-state index contributed by atoms with van der Waals surface area (Å²) < 4.78 is 19.1. The average Bonchev–Trinajstić information content (AvgIpc) is 2.85. The first-order chi connectivity index (χ1) is 11.0. The van der Waals surface area contributed by atoms with Gasteiger partial charge in [-0.3, -0.25) is 10.1 Å². The van der Waals surface area contributed by atoms with Crippen LogP contribution in [0.1, 0.15) is 5.56 Å². The Labute approximate surface area is 138 Å². The smallest absolute Gasteiger partial charge is 0.325 e. The van der Waals surface area contributed by atoms with Gasteiger partial charge in [0.1, 0.15) is 0 Å². The lowest BCUT2D eigenvalue weighted by Gasteiger charge is -2.09. The fraction of sp³-hybridized carbons (Fsp3) is 0.0714. The molecule has 7 nitrogen and oxygen atoms in total. The van der Waals surface area contributed by atoms with Crippen molar-refractivity contribution in [1.29, 1.82) is 0 Å². The van der Waals surface area contributed by atoms with Crippen LogP contribution in [0.25, 0.3) is 11.0 Å². The molecular weight excluding hydrogens is 342 g/mol. The van der Waals surface area contributed by atoms with Crippen LogP contribution in [0.4, 0.5) is 5.69 Å². The van der Waals surface area contributed by atoms with Gasteiger partial charge in [0.05, 0.1) is 22.0 Å². The molecule has 3 rings (SSSR count). The number of halogens is 1. The van der Waals surface area contributed by atoms with E-state index in [-0.39, 0.29) is 16.7 Å². The molecule has 0 fully saturated rings. The number of benzene rings is 2. The van der Waals surface area contributed by atoms with Gasteiger partial charge in [0.2, 0.25) is 5.28 Å². The molecule has 1 atom stereocenters. The Kier molecular flexibility index (Phi) is 4.01. The number of nitro benzene ring substituents is 1. The molecule has 1 unspecified atom stereocenters. The SMILES string of the molecule is Cc1ccc([N+](=O)[O-])cc1OS(=O)n1c(Cl)nc2ccccc21. The summed E-state index contributed by atoms with van der Waals surface area (Å²) in [5.41, 5.74) is 1.58. The third-order valence-corrected chi connectivity index (χ3v) is 4.52. The molecule has 0 saturated carbocycles. The molecule has 0 radical (unpaired) electrons. The highest BCUT2D eigenvalue weighted by atomic mass is 35.5. The summed E-state index contributed by atoms with van der Waals surface area (Å²) in [4.78, 5) is 14.4. The third kappa shape index (κ3) is 2.90. The summed E-state index contributed by atoms with van der Waals surface area (Å²) >= 11 is 4.00. The molecule has 0 aliphatic rings. The highest BCUT2D eigenvalue weighted by Crippen LogP contribution is 2.27. The van der Waals surface area contributed by atoms with E-state index in [9.17, 15) is 14.3 Å². The van der Waals surface area contributed by atoms with E-state index in [1.54, 1.807) is 31.2 Å². The Hall–Kier alpha value is -2.45. The summed E-state index contributed by atoms with van der Waals surface area (Å²) in [7, 11) is 0. The number of fused-ring (bicyclic) bond motifs is 1. The standard InChI is InChI=1S/C14H10ClN3O4S/c1-9-6-7-10(18(19)20)8-13(9)22-23(21)17-12-5-3-2-4-11(12)16-14(17)15/h2-8H,1H3. The Bertz CT molecular complexity index is 941. The number of nitro groups is 1. The largest absolute Gasteiger partial charge is 0.384 e. The van der Waals surface area contributed by atoms with Crippen molar-refractivity contribution >= 4 is 39.6 Å². The Morgan fingerprint density at radius 1 is 1.30 bits per heavy atom. The molecule has 0 N–H and O–H groups in total. The van der Waals surface area contributed by atoms with Gasteiger partial charge in [0, 0.05) is 6.07 Å². The van der Waals surface area contributed by atoms with Crippen molar-refractivity contribution in [2.24, 2.45) is 0 Å². The van der Waals surface area contributed by atoms with E-state index in [1.165, 1.54) is 22.2 Å². The van der Waals surface area contributed by atoms with Gasteiger partial charge in [-0.25, -0.2) is 4.98 Å². The zero-order valence-electron chi connectivity index (χ0n) is 11.8. The van der Waals surface area contributed by atoms with Crippen LogP contribution >= 0.6 is 11.6 Å². The van der Waals surface area contributed by atoms with E-state index in [2.05, 4.69) is 4.98 Å². The molecule has 0 spiro atoms. The van der Waals surface area contributed by atoms with Crippen LogP contribution in [-0.2, 0) is 11.3 Å². The van der Waals surface area contributed by atoms with Crippen molar-refractivity contribution in [3.63, 3.8) is 0 Å². The topological polar surface area (TPSA) is 87.3 Å². The second-order valence-electron chi connectivity index (χ2n) is 4.67. The predicted octanol–water partition coefficient (Wildman–Crippen LogP) is 3.41. The number of hydrogen-bond acceptors (Lipinski definition) is 5. The maximum atomic E-state index is 12.5. The lowest BCUT2D eigenvalue weighted by Crippen LogP contribution is -2.12. The Morgan fingerprint density at radius 2 is 2.04 bits per heavy atom.